The maximum absolute atomic E-state index is 11.5. The van der Waals surface area contributed by atoms with Crippen LogP contribution in [0.5, 0.6) is 0 Å². The van der Waals surface area contributed by atoms with E-state index >= 15 is 0 Å². The molecule has 0 saturated carbocycles. The summed E-state index contributed by atoms with van der Waals surface area (Å²) in [6.45, 7) is 7.94. The van der Waals surface area contributed by atoms with E-state index in [1.807, 2.05) is 36.1 Å². The van der Waals surface area contributed by atoms with E-state index < -0.39 is 6.09 Å². The smallest absolute Gasteiger partial charge is 0.411 e. The zero-order valence-corrected chi connectivity index (χ0v) is 15.6. The highest BCUT2D eigenvalue weighted by atomic mass is 16.5. The molecule has 26 heavy (non-hydrogen) atoms. The summed E-state index contributed by atoms with van der Waals surface area (Å²) in [5.41, 5.74) is 1.72. The maximum Gasteiger partial charge on any atom is 0.411 e. The number of nitrogens with zero attached hydrogens (tertiary/aromatic N) is 3. The molecular formula is C18H27N5O3. The maximum atomic E-state index is 11.5. The van der Waals surface area contributed by atoms with Crippen molar-refractivity contribution < 1.29 is 14.3 Å². The average molecular weight is 361 g/mol. The van der Waals surface area contributed by atoms with Crippen molar-refractivity contribution in [3.63, 3.8) is 0 Å². The van der Waals surface area contributed by atoms with E-state index in [9.17, 15) is 9.59 Å². The second kappa shape index (κ2) is 9.65. The lowest BCUT2D eigenvalue weighted by atomic mass is 10.2. The second-order valence-corrected chi connectivity index (χ2v) is 5.98. The second-order valence-electron chi connectivity index (χ2n) is 5.98. The van der Waals surface area contributed by atoms with E-state index in [0.29, 0.717) is 25.3 Å². The third-order valence-electron chi connectivity index (χ3n) is 4.16. The summed E-state index contributed by atoms with van der Waals surface area (Å²) in [6, 6.07) is 7.48. The van der Waals surface area contributed by atoms with Gasteiger partial charge in [-0.25, -0.2) is 9.79 Å². The van der Waals surface area contributed by atoms with E-state index in [1.54, 1.807) is 6.92 Å². The highest BCUT2D eigenvalue weighted by Gasteiger charge is 2.20. The van der Waals surface area contributed by atoms with Gasteiger partial charge in [-0.1, -0.05) is 12.1 Å². The van der Waals surface area contributed by atoms with Crippen molar-refractivity contribution in [3.8, 4) is 0 Å². The lowest BCUT2D eigenvalue weighted by Crippen LogP contribution is -2.53. The van der Waals surface area contributed by atoms with Crippen LogP contribution in [0.15, 0.2) is 29.3 Å². The van der Waals surface area contributed by atoms with E-state index in [0.717, 1.165) is 31.2 Å². The highest BCUT2D eigenvalue weighted by molar-refractivity contribution is 5.84. The lowest BCUT2D eigenvalue weighted by Gasteiger charge is -2.36. The monoisotopic (exact) mass is 361 g/mol. The van der Waals surface area contributed by atoms with Gasteiger partial charge in [0, 0.05) is 45.3 Å². The molecule has 1 aromatic carbocycles. The van der Waals surface area contributed by atoms with Crippen LogP contribution in [-0.2, 0) is 16.1 Å². The standard InChI is InChI=1S/C18H27N5O3/c1-4-19-17(23-11-9-22(10-12-23)14(2)24)20-13-15-5-7-16(8-6-15)21-18(25)26-3/h5-8H,4,9-13H2,1-3H3,(H,19,20)(H,21,25). The third kappa shape index (κ3) is 5.65. The Hall–Kier alpha value is -2.77. The molecule has 1 heterocycles. The van der Waals surface area contributed by atoms with Gasteiger partial charge in [-0.3, -0.25) is 10.1 Å². The van der Waals surface area contributed by atoms with Crippen LogP contribution in [-0.4, -0.2) is 67.6 Å². The van der Waals surface area contributed by atoms with Gasteiger partial charge in [0.2, 0.25) is 5.91 Å². The number of carbonyl (C=O) groups is 2. The van der Waals surface area contributed by atoms with E-state index in [2.05, 4.69) is 20.3 Å². The van der Waals surface area contributed by atoms with Crippen LogP contribution < -0.4 is 10.6 Å². The molecule has 0 aliphatic carbocycles. The fourth-order valence-corrected chi connectivity index (χ4v) is 2.69. The number of hydrogen-bond acceptors (Lipinski definition) is 4. The summed E-state index contributed by atoms with van der Waals surface area (Å²) in [6.07, 6.45) is -0.491. The summed E-state index contributed by atoms with van der Waals surface area (Å²) in [4.78, 5) is 31.4. The van der Waals surface area contributed by atoms with Crippen LogP contribution in [0.1, 0.15) is 19.4 Å². The number of guanidine groups is 1. The Labute approximate surface area is 154 Å². The Kier molecular flexibility index (Phi) is 7.25. The van der Waals surface area contributed by atoms with Crippen LogP contribution in [0.25, 0.3) is 0 Å². The number of anilines is 1. The number of benzene rings is 1. The van der Waals surface area contributed by atoms with Gasteiger partial charge in [-0.05, 0) is 24.6 Å². The van der Waals surface area contributed by atoms with Crippen LogP contribution >= 0.6 is 0 Å². The van der Waals surface area contributed by atoms with Crippen LogP contribution in [0.2, 0.25) is 0 Å². The van der Waals surface area contributed by atoms with Gasteiger partial charge in [0.15, 0.2) is 5.96 Å². The number of rotatable bonds is 4. The zero-order valence-electron chi connectivity index (χ0n) is 15.6. The van der Waals surface area contributed by atoms with Gasteiger partial charge in [-0.15, -0.1) is 0 Å². The topological polar surface area (TPSA) is 86.3 Å². The molecule has 1 saturated heterocycles. The molecule has 0 aromatic heterocycles. The fraction of sp³-hybridized carbons (Fsp3) is 0.500. The van der Waals surface area contributed by atoms with Gasteiger partial charge in [0.1, 0.15) is 0 Å². The number of piperazine rings is 1. The van der Waals surface area contributed by atoms with Crippen LogP contribution in [0.4, 0.5) is 10.5 Å². The number of hydrogen-bond donors (Lipinski definition) is 2. The van der Waals surface area contributed by atoms with Crippen molar-refractivity contribution in [2.45, 2.75) is 20.4 Å². The number of methoxy groups -OCH3 is 1. The molecule has 0 radical (unpaired) electrons. The molecule has 0 unspecified atom stereocenters. The summed E-state index contributed by atoms with van der Waals surface area (Å²) in [5, 5.41) is 5.93. The molecule has 2 N–H and O–H groups in total. The van der Waals surface area contributed by atoms with Crippen LogP contribution in [0.3, 0.4) is 0 Å². The van der Waals surface area contributed by atoms with Crippen molar-refractivity contribution in [2.24, 2.45) is 4.99 Å². The molecule has 0 atom stereocenters. The first kappa shape index (κ1) is 19.6. The molecule has 142 valence electrons. The largest absolute Gasteiger partial charge is 0.453 e. The Balaban J connectivity index is 1.96. The Morgan fingerprint density at radius 1 is 1.12 bits per heavy atom. The SMILES string of the molecule is CCNC(=NCc1ccc(NC(=O)OC)cc1)N1CCN(C(C)=O)CC1. The van der Waals surface area contributed by atoms with Gasteiger partial charge >= 0.3 is 6.09 Å². The Bertz CT molecular complexity index is 637. The van der Waals surface area contributed by atoms with Gasteiger partial charge in [0.25, 0.3) is 0 Å². The molecule has 0 bridgehead atoms. The number of ether oxygens (including phenoxy) is 1. The molecule has 1 aromatic rings. The summed E-state index contributed by atoms with van der Waals surface area (Å²) >= 11 is 0. The molecular weight excluding hydrogens is 334 g/mol. The van der Waals surface area contributed by atoms with Crippen molar-refractivity contribution in [1.82, 2.24) is 15.1 Å². The Morgan fingerprint density at radius 3 is 2.27 bits per heavy atom. The van der Waals surface area contributed by atoms with Crippen molar-refractivity contribution in [2.75, 3.05) is 45.2 Å². The van der Waals surface area contributed by atoms with E-state index in [4.69, 9.17) is 4.99 Å². The first-order chi connectivity index (χ1) is 12.5. The van der Waals surface area contributed by atoms with Gasteiger partial charge in [0.05, 0.1) is 13.7 Å². The molecule has 0 spiro atoms. The fourth-order valence-electron chi connectivity index (χ4n) is 2.69. The minimum Gasteiger partial charge on any atom is -0.453 e. The summed E-state index contributed by atoms with van der Waals surface area (Å²) in [5.74, 6) is 0.972. The third-order valence-corrected chi connectivity index (χ3v) is 4.16. The first-order valence-electron chi connectivity index (χ1n) is 8.76. The van der Waals surface area contributed by atoms with E-state index in [1.165, 1.54) is 7.11 Å². The number of aliphatic imine (C=N–C) groups is 1. The van der Waals surface area contributed by atoms with E-state index in [-0.39, 0.29) is 5.91 Å². The van der Waals surface area contributed by atoms with Crippen molar-refractivity contribution in [1.29, 1.82) is 0 Å². The molecule has 2 rings (SSSR count). The van der Waals surface area contributed by atoms with Crippen molar-refractivity contribution >= 4 is 23.6 Å². The molecule has 1 fully saturated rings. The predicted molar refractivity (Wildman–Crippen MR) is 101 cm³/mol. The molecule has 8 heteroatoms. The lowest BCUT2D eigenvalue weighted by molar-refractivity contribution is -0.130. The minimum atomic E-state index is -0.491. The number of amides is 2. The van der Waals surface area contributed by atoms with Crippen LogP contribution in [0, 0.1) is 0 Å². The Morgan fingerprint density at radius 2 is 1.73 bits per heavy atom. The van der Waals surface area contributed by atoms with Gasteiger partial charge in [-0.2, -0.15) is 0 Å². The van der Waals surface area contributed by atoms with Crippen molar-refractivity contribution in [3.05, 3.63) is 29.8 Å². The molecule has 1 aliphatic rings. The first-order valence-corrected chi connectivity index (χ1v) is 8.76. The molecule has 8 nitrogen and oxygen atoms in total. The number of carbonyl (C=O) groups excluding carboxylic acids is 2. The summed E-state index contributed by atoms with van der Waals surface area (Å²) < 4.78 is 4.57. The quantitative estimate of drug-likeness (QED) is 0.627. The average Bonchev–Trinajstić information content (AvgIpc) is 2.66. The zero-order chi connectivity index (χ0) is 18.9. The predicted octanol–water partition coefficient (Wildman–Crippen LogP) is 1.49. The number of nitrogens with one attached hydrogen (secondary N) is 2. The molecule has 1 aliphatic heterocycles. The highest BCUT2D eigenvalue weighted by Crippen LogP contribution is 2.11. The van der Waals surface area contributed by atoms with Gasteiger partial charge < -0.3 is 19.9 Å². The minimum absolute atomic E-state index is 0.118. The normalized spacial score (nSPS) is 14.8. The molecule has 2 amide bonds. The summed E-state index contributed by atoms with van der Waals surface area (Å²) in [7, 11) is 1.33.